The lowest BCUT2D eigenvalue weighted by Crippen LogP contribution is -2.48. The van der Waals surface area contributed by atoms with Crippen LogP contribution in [0.25, 0.3) is 16.7 Å². The number of hydrogen-bond acceptors (Lipinski definition) is 5. The Morgan fingerprint density at radius 1 is 0.970 bits per heavy atom. The first kappa shape index (κ1) is 21.3. The predicted molar refractivity (Wildman–Crippen MR) is 128 cm³/mol. The number of carbonyl (C=O) groups excluding carboxylic acids is 1. The Morgan fingerprint density at radius 2 is 1.67 bits per heavy atom. The summed E-state index contributed by atoms with van der Waals surface area (Å²) in [5, 5.41) is 9.46. The van der Waals surface area contributed by atoms with Gasteiger partial charge in [-0.05, 0) is 45.0 Å². The molecule has 1 aliphatic rings. The van der Waals surface area contributed by atoms with Gasteiger partial charge in [-0.2, -0.15) is 0 Å². The quantitative estimate of drug-likeness (QED) is 0.484. The molecule has 170 valence electrons. The molecule has 0 spiro atoms. The Bertz CT molecular complexity index is 1390. The van der Waals surface area contributed by atoms with E-state index < -0.39 is 0 Å². The van der Waals surface area contributed by atoms with Gasteiger partial charge < -0.3 is 4.90 Å². The van der Waals surface area contributed by atoms with Gasteiger partial charge >= 0.3 is 0 Å². The third-order valence-electron chi connectivity index (χ3n) is 6.38. The van der Waals surface area contributed by atoms with E-state index in [-0.39, 0.29) is 11.5 Å². The number of rotatable bonds is 4. The van der Waals surface area contributed by atoms with Gasteiger partial charge in [0.1, 0.15) is 0 Å². The second-order valence-corrected chi connectivity index (χ2v) is 8.76. The number of amides is 1. The number of para-hydroxylation sites is 1. The van der Waals surface area contributed by atoms with Crippen LogP contribution in [0.5, 0.6) is 0 Å². The Balaban J connectivity index is 1.37. The van der Waals surface area contributed by atoms with Crippen LogP contribution in [0.1, 0.15) is 34.2 Å². The van der Waals surface area contributed by atoms with Crippen molar-refractivity contribution in [3.05, 3.63) is 75.3 Å². The van der Waals surface area contributed by atoms with E-state index in [1.807, 2.05) is 66.5 Å². The van der Waals surface area contributed by atoms with Crippen LogP contribution in [0.2, 0.25) is 0 Å². The molecule has 8 heteroatoms. The van der Waals surface area contributed by atoms with Gasteiger partial charge in [0.15, 0.2) is 5.82 Å². The Labute approximate surface area is 192 Å². The van der Waals surface area contributed by atoms with E-state index in [2.05, 4.69) is 21.2 Å². The molecular formula is C25H28N6O2. The van der Waals surface area contributed by atoms with Crippen molar-refractivity contribution in [3.8, 4) is 0 Å². The highest BCUT2D eigenvalue weighted by molar-refractivity contribution is 5.94. The molecule has 1 amide bonds. The van der Waals surface area contributed by atoms with E-state index in [0.29, 0.717) is 37.3 Å². The molecule has 3 heterocycles. The van der Waals surface area contributed by atoms with Gasteiger partial charge in [0, 0.05) is 38.3 Å². The van der Waals surface area contributed by atoms with Crippen molar-refractivity contribution in [3.63, 3.8) is 0 Å². The first-order valence-electron chi connectivity index (χ1n) is 11.4. The lowest BCUT2D eigenvalue weighted by molar-refractivity contribution is 0.0625. The number of carbonyl (C=O) groups is 1. The molecule has 0 bridgehead atoms. The largest absolute Gasteiger partial charge is 0.336 e. The summed E-state index contributed by atoms with van der Waals surface area (Å²) < 4.78 is 3.66. The summed E-state index contributed by atoms with van der Waals surface area (Å²) in [4.78, 5) is 30.1. The maximum Gasteiger partial charge on any atom is 0.262 e. The van der Waals surface area contributed by atoms with Crippen LogP contribution in [0.3, 0.4) is 0 Å². The van der Waals surface area contributed by atoms with Crippen molar-refractivity contribution in [2.24, 2.45) is 0 Å². The summed E-state index contributed by atoms with van der Waals surface area (Å²) in [6, 6.07) is 13.6. The van der Waals surface area contributed by atoms with E-state index in [1.54, 1.807) is 4.57 Å². The second kappa shape index (κ2) is 8.44. The smallest absolute Gasteiger partial charge is 0.262 e. The standard InChI is InChI=1S/C25H28N6O2/c1-4-30-24(33)20-7-5-6-8-21(20)31-22(26-27-25(30)31)16-28-9-11-29(12-10-28)23(32)19-14-17(2)13-18(3)15-19/h5-8,13-15H,4,9-12,16H2,1-3H3. The molecule has 0 N–H and O–H groups in total. The van der Waals surface area contributed by atoms with E-state index in [1.165, 1.54) is 0 Å². The molecule has 33 heavy (non-hydrogen) atoms. The fourth-order valence-electron chi connectivity index (χ4n) is 4.79. The van der Waals surface area contributed by atoms with Crippen LogP contribution in [0.4, 0.5) is 0 Å². The highest BCUT2D eigenvalue weighted by Gasteiger charge is 2.24. The van der Waals surface area contributed by atoms with Crippen LogP contribution >= 0.6 is 0 Å². The number of nitrogens with zero attached hydrogens (tertiary/aromatic N) is 6. The minimum atomic E-state index is -0.0435. The lowest BCUT2D eigenvalue weighted by Gasteiger charge is -2.34. The van der Waals surface area contributed by atoms with Gasteiger partial charge in [0.2, 0.25) is 5.78 Å². The lowest BCUT2D eigenvalue weighted by atomic mass is 10.1. The van der Waals surface area contributed by atoms with Crippen LogP contribution in [-0.2, 0) is 13.1 Å². The average Bonchev–Trinajstić information content (AvgIpc) is 3.22. The van der Waals surface area contributed by atoms with Gasteiger partial charge in [0.25, 0.3) is 11.5 Å². The van der Waals surface area contributed by atoms with Gasteiger partial charge in [-0.3, -0.25) is 23.5 Å². The van der Waals surface area contributed by atoms with Gasteiger partial charge in [-0.25, -0.2) is 0 Å². The summed E-state index contributed by atoms with van der Waals surface area (Å²) in [6.45, 7) is 9.98. The van der Waals surface area contributed by atoms with Crippen LogP contribution in [-0.4, -0.2) is 61.1 Å². The van der Waals surface area contributed by atoms with Crippen LogP contribution < -0.4 is 5.56 Å². The van der Waals surface area contributed by atoms with Crippen molar-refractivity contribution in [1.29, 1.82) is 0 Å². The van der Waals surface area contributed by atoms with Crippen molar-refractivity contribution in [2.45, 2.75) is 33.9 Å². The summed E-state index contributed by atoms with van der Waals surface area (Å²) >= 11 is 0. The zero-order chi connectivity index (χ0) is 23.1. The van der Waals surface area contributed by atoms with E-state index >= 15 is 0 Å². The zero-order valence-corrected chi connectivity index (χ0v) is 19.3. The number of aromatic nitrogens is 4. The Kier molecular flexibility index (Phi) is 5.46. The highest BCUT2D eigenvalue weighted by Crippen LogP contribution is 2.17. The number of benzene rings is 2. The number of piperazine rings is 1. The van der Waals surface area contributed by atoms with Crippen molar-refractivity contribution >= 4 is 22.6 Å². The summed E-state index contributed by atoms with van der Waals surface area (Å²) in [5.74, 6) is 1.46. The maximum absolute atomic E-state index is 13.0. The summed E-state index contributed by atoms with van der Waals surface area (Å²) in [7, 11) is 0. The molecule has 2 aromatic heterocycles. The van der Waals surface area contributed by atoms with E-state index in [9.17, 15) is 9.59 Å². The normalized spacial score (nSPS) is 14.9. The Hall–Kier alpha value is -3.52. The average molecular weight is 445 g/mol. The number of fused-ring (bicyclic) bond motifs is 3. The Morgan fingerprint density at radius 3 is 2.36 bits per heavy atom. The monoisotopic (exact) mass is 444 g/mol. The van der Waals surface area contributed by atoms with Crippen molar-refractivity contribution in [2.75, 3.05) is 26.2 Å². The highest BCUT2D eigenvalue weighted by atomic mass is 16.2. The zero-order valence-electron chi connectivity index (χ0n) is 19.3. The van der Waals surface area contributed by atoms with Gasteiger partial charge in [-0.15, -0.1) is 10.2 Å². The third-order valence-corrected chi connectivity index (χ3v) is 6.38. The second-order valence-electron chi connectivity index (χ2n) is 8.76. The van der Waals surface area contributed by atoms with Gasteiger partial charge in [-0.1, -0.05) is 29.3 Å². The topological polar surface area (TPSA) is 75.7 Å². The molecule has 0 aliphatic carbocycles. The number of hydrogen-bond donors (Lipinski definition) is 0. The number of aryl methyl sites for hydroxylation is 3. The third kappa shape index (κ3) is 3.80. The minimum Gasteiger partial charge on any atom is -0.336 e. The molecule has 0 radical (unpaired) electrons. The van der Waals surface area contributed by atoms with Crippen molar-refractivity contribution < 1.29 is 4.79 Å². The SMILES string of the molecule is CCn1c(=O)c2ccccc2n2c(CN3CCN(C(=O)c4cc(C)cc(C)c4)CC3)nnc12. The van der Waals surface area contributed by atoms with Crippen LogP contribution in [0, 0.1) is 13.8 Å². The predicted octanol–water partition coefficient (Wildman–Crippen LogP) is 2.64. The molecule has 4 aromatic rings. The first-order valence-corrected chi connectivity index (χ1v) is 11.4. The summed E-state index contributed by atoms with van der Waals surface area (Å²) in [6.07, 6.45) is 0. The molecule has 2 aromatic carbocycles. The van der Waals surface area contributed by atoms with Crippen molar-refractivity contribution in [1.82, 2.24) is 29.0 Å². The summed E-state index contributed by atoms with van der Waals surface area (Å²) in [5.41, 5.74) is 3.75. The molecule has 8 nitrogen and oxygen atoms in total. The molecule has 0 saturated carbocycles. The minimum absolute atomic E-state index is 0.0435. The molecule has 1 aliphatic heterocycles. The first-order chi connectivity index (χ1) is 16.0. The molecular weight excluding hydrogens is 416 g/mol. The molecule has 1 saturated heterocycles. The van der Waals surface area contributed by atoms with E-state index in [0.717, 1.165) is 41.1 Å². The maximum atomic E-state index is 13.0. The van der Waals surface area contributed by atoms with Crippen LogP contribution in [0.15, 0.2) is 47.3 Å². The van der Waals surface area contributed by atoms with Gasteiger partial charge in [0.05, 0.1) is 17.4 Å². The molecule has 0 atom stereocenters. The van der Waals surface area contributed by atoms with E-state index in [4.69, 9.17) is 0 Å². The fraction of sp³-hybridized carbons (Fsp3) is 0.360. The molecule has 5 rings (SSSR count). The molecule has 1 fully saturated rings. The molecule has 0 unspecified atom stereocenters. The fourth-order valence-corrected chi connectivity index (χ4v) is 4.79.